The zero-order valence-electron chi connectivity index (χ0n) is 16.4. The van der Waals surface area contributed by atoms with E-state index < -0.39 is 70.9 Å². The predicted octanol–water partition coefficient (Wildman–Crippen LogP) is 0.347. The van der Waals surface area contributed by atoms with Gasteiger partial charge in [-0.15, -0.1) is 0 Å². The molecule has 0 bridgehead atoms. The summed E-state index contributed by atoms with van der Waals surface area (Å²) in [5, 5.41) is 22.2. The minimum Gasteiger partial charge on any atom is -0.469 e. The number of esters is 3. The lowest BCUT2D eigenvalue weighted by Crippen LogP contribution is -2.65. The Bertz CT molecular complexity index is 774. The molecule has 28 heavy (non-hydrogen) atoms. The number of ether oxygens (including phenoxy) is 3. The van der Waals surface area contributed by atoms with Crippen LogP contribution in [0.1, 0.15) is 33.6 Å². The number of hydrogen-bond donors (Lipinski definition) is 2. The summed E-state index contributed by atoms with van der Waals surface area (Å²) < 4.78 is 15.8. The van der Waals surface area contributed by atoms with Crippen molar-refractivity contribution in [3.05, 3.63) is 11.6 Å². The van der Waals surface area contributed by atoms with Crippen molar-refractivity contribution in [3.8, 4) is 0 Å². The van der Waals surface area contributed by atoms with Gasteiger partial charge < -0.3 is 24.4 Å². The lowest BCUT2D eigenvalue weighted by molar-refractivity contribution is -0.186. The first kappa shape index (κ1) is 19.4. The fraction of sp³-hybridized carbons (Fsp3) is 0.750. The number of methoxy groups -OCH3 is 1. The molecule has 4 aliphatic rings. The average molecular weight is 394 g/mol. The zero-order chi connectivity index (χ0) is 20.6. The van der Waals surface area contributed by atoms with Gasteiger partial charge in [-0.2, -0.15) is 0 Å². The molecule has 9 unspecified atom stereocenters. The van der Waals surface area contributed by atoms with Crippen LogP contribution in [-0.2, 0) is 28.6 Å². The standard InChI is InChI=1S/C20H26O8/c1-8(17(24)26-4)14-12-9(7-11(22)27-14)20(3)10(21)5-6-19(2)16(20)15(13(12)23)28-18(19)25/h7-8,10,12-16,21,23H,5-6H2,1-4H3. The molecule has 9 atom stereocenters. The maximum Gasteiger partial charge on any atom is 0.331 e. The van der Waals surface area contributed by atoms with Gasteiger partial charge in [-0.05, 0) is 32.3 Å². The molecule has 0 amide bonds. The number of rotatable bonds is 2. The lowest BCUT2D eigenvalue weighted by Gasteiger charge is -2.59. The molecule has 2 saturated carbocycles. The van der Waals surface area contributed by atoms with Crippen molar-refractivity contribution in [2.75, 3.05) is 7.11 Å². The quantitative estimate of drug-likeness (QED) is 0.509. The lowest BCUT2D eigenvalue weighted by atomic mass is 9.45. The summed E-state index contributed by atoms with van der Waals surface area (Å²) >= 11 is 0. The monoisotopic (exact) mass is 394 g/mol. The van der Waals surface area contributed by atoms with Crippen LogP contribution >= 0.6 is 0 Å². The Morgan fingerprint density at radius 1 is 1.29 bits per heavy atom. The molecule has 0 spiro atoms. The summed E-state index contributed by atoms with van der Waals surface area (Å²) in [6, 6.07) is 0. The van der Waals surface area contributed by atoms with Crippen molar-refractivity contribution >= 4 is 17.9 Å². The molecule has 1 saturated heterocycles. The van der Waals surface area contributed by atoms with Crippen LogP contribution < -0.4 is 0 Å². The Morgan fingerprint density at radius 2 is 1.96 bits per heavy atom. The van der Waals surface area contributed by atoms with E-state index in [4.69, 9.17) is 14.2 Å². The van der Waals surface area contributed by atoms with Gasteiger partial charge in [0.15, 0.2) is 0 Å². The molecule has 2 heterocycles. The second kappa shape index (κ2) is 6.03. The van der Waals surface area contributed by atoms with Crippen LogP contribution in [-0.4, -0.2) is 59.6 Å². The summed E-state index contributed by atoms with van der Waals surface area (Å²) in [6.45, 7) is 5.18. The molecule has 0 aromatic carbocycles. The van der Waals surface area contributed by atoms with E-state index in [2.05, 4.69) is 0 Å². The Hall–Kier alpha value is -1.93. The van der Waals surface area contributed by atoms with Crippen LogP contribution in [0.4, 0.5) is 0 Å². The molecule has 154 valence electrons. The SMILES string of the molecule is COC(=O)C(C)C1OC(=O)C=C2C1C(O)C1OC(=O)C3(C)CCC(O)C2(C)C13. The highest BCUT2D eigenvalue weighted by molar-refractivity contribution is 5.86. The summed E-state index contributed by atoms with van der Waals surface area (Å²) in [6.07, 6.45) is -1.67. The van der Waals surface area contributed by atoms with Gasteiger partial charge in [-0.25, -0.2) is 4.79 Å². The van der Waals surface area contributed by atoms with E-state index in [0.717, 1.165) is 0 Å². The predicted molar refractivity (Wildman–Crippen MR) is 93.5 cm³/mol. The van der Waals surface area contributed by atoms with E-state index >= 15 is 0 Å². The average Bonchev–Trinajstić information content (AvgIpc) is 2.94. The number of fused-ring (bicyclic) bond motifs is 2. The van der Waals surface area contributed by atoms with Crippen LogP contribution in [0.5, 0.6) is 0 Å². The highest BCUT2D eigenvalue weighted by atomic mass is 16.6. The minimum absolute atomic E-state index is 0.373. The second-order valence-corrected chi connectivity index (χ2v) is 8.93. The summed E-state index contributed by atoms with van der Waals surface area (Å²) in [5.74, 6) is -3.69. The van der Waals surface area contributed by atoms with Crippen LogP contribution in [0.15, 0.2) is 11.6 Å². The number of hydrogen-bond acceptors (Lipinski definition) is 8. The van der Waals surface area contributed by atoms with Crippen molar-refractivity contribution in [3.63, 3.8) is 0 Å². The molecule has 4 rings (SSSR count). The maximum atomic E-state index is 12.7. The molecule has 8 nitrogen and oxygen atoms in total. The number of carbonyl (C=O) groups excluding carboxylic acids is 3. The van der Waals surface area contributed by atoms with Crippen molar-refractivity contribution in [1.82, 2.24) is 0 Å². The van der Waals surface area contributed by atoms with E-state index in [0.29, 0.717) is 18.4 Å². The van der Waals surface area contributed by atoms with Crippen LogP contribution in [0.25, 0.3) is 0 Å². The van der Waals surface area contributed by atoms with Crippen molar-refractivity contribution in [1.29, 1.82) is 0 Å². The fourth-order valence-corrected chi connectivity index (χ4v) is 6.13. The van der Waals surface area contributed by atoms with E-state index in [1.807, 2.05) is 6.92 Å². The molecule has 2 aliphatic heterocycles. The van der Waals surface area contributed by atoms with E-state index in [1.54, 1.807) is 13.8 Å². The molecular formula is C20H26O8. The van der Waals surface area contributed by atoms with Crippen molar-refractivity contribution in [2.45, 2.75) is 58.0 Å². The first-order valence-electron chi connectivity index (χ1n) is 9.65. The Kier molecular flexibility index (Phi) is 4.18. The van der Waals surface area contributed by atoms with Gasteiger partial charge in [0.2, 0.25) is 0 Å². The van der Waals surface area contributed by atoms with Gasteiger partial charge >= 0.3 is 17.9 Å². The third kappa shape index (κ3) is 2.21. The fourth-order valence-electron chi connectivity index (χ4n) is 6.13. The van der Waals surface area contributed by atoms with Crippen LogP contribution in [0.3, 0.4) is 0 Å². The summed E-state index contributed by atoms with van der Waals surface area (Å²) in [7, 11) is 1.24. The Balaban J connectivity index is 1.87. The largest absolute Gasteiger partial charge is 0.469 e. The number of aliphatic hydroxyl groups is 2. The summed E-state index contributed by atoms with van der Waals surface area (Å²) in [4.78, 5) is 37.2. The van der Waals surface area contributed by atoms with E-state index in [-0.39, 0.29) is 0 Å². The highest BCUT2D eigenvalue weighted by Crippen LogP contribution is 2.66. The van der Waals surface area contributed by atoms with Crippen LogP contribution in [0, 0.1) is 28.6 Å². The molecule has 2 aliphatic carbocycles. The Labute approximate surface area is 162 Å². The molecule has 2 N–H and O–H groups in total. The van der Waals surface area contributed by atoms with Gasteiger partial charge in [-0.1, -0.05) is 6.92 Å². The van der Waals surface area contributed by atoms with Gasteiger partial charge in [0.05, 0.1) is 24.5 Å². The smallest absolute Gasteiger partial charge is 0.331 e. The van der Waals surface area contributed by atoms with Crippen LogP contribution in [0.2, 0.25) is 0 Å². The Morgan fingerprint density at radius 3 is 2.61 bits per heavy atom. The minimum atomic E-state index is -1.16. The summed E-state index contributed by atoms with van der Waals surface area (Å²) in [5.41, 5.74) is -1.28. The molecule has 3 fully saturated rings. The second-order valence-electron chi connectivity index (χ2n) is 8.93. The first-order chi connectivity index (χ1) is 13.1. The zero-order valence-corrected chi connectivity index (χ0v) is 16.4. The maximum absolute atomic E-state index is 12.7. The molecule has 0 radical (unpaired) electrons. The number of cyclic esters (lactones) is 1. The third-order valence-corrected chi connectivity index (χ3v) is 7.63. The van der Waals surface area contributed by atoms with Gasteiger partial charge in [0.1, 0.15) is 18.3 Å². The van der Waals surface area contributed by atoms with Crippen molar-refractivity contribution in [2.24, 2.45) is 28.6 Å². The normalized spacial score (nSPS) is 47.9. The highest BCUT2D eigenvalue weighted by Gasteiger charge is 2.72. The third-order valence-electron chi connectivity index (χ3n) is 7.63. The van der Waals surface area contributed by atoms with Gasteiger partial charge in [0.25, 0.3) is 0 Å². The topological polar surface area (TPSA) is 119 Å². The molecular weight excluding hydrogens is 368 g/mol. The van der Waals surface area contributed by atoms with Gasteiger partial charge in [-0.3, -0.25) is 9.59 Å². The van der Waals surface area contributed by atoms with Gasteiger partial charge in [0, 0.05) is 23.3 Å². The number of aliphatic hydroxyl groups excluding tert-OH is 2. The van der Waals surface area contributed by atoms with E-state index in [1.165, 1.54) is 13.2 Å². The number of carbonyl (C=O) groups is 3. The molecule has 0 aromatic rings. The molecule has 8 heteroatoms. The molecule has 0 aromatic heterocycles. The van der Waals surface area contributed by atoms with E-state index in [9.17, 15) is 24.6 Å². The van der Waals surface area contributed by atoms with Crippen molar-refractivity contribution < 1.29 is 38.8 Å². The first-order valence-corrected chi connectivity index (χ1v) is 9.65.